The lowest BCUT2D eigenvalue weighted by molar-refractivity contribution is 0.0600. The Morgan fingerprint density at radius 1 is 1.60 bits per heavy atom. The van der Waals surface area contributed by atoms with E-state index in [0.717, 1.165) is 15.8 Å². The number of thiazole rings is 1. The van der Waals surface area contributed by atoms with E-state index in [0.29, 0.717) is 11.6 Å². The Balaban J connectivity index is 2.60. The molecule has 2 aromatic rings. The molecule has 0 aliphatic rings. The van der Waals surface area contributed by atoms with Crippen LogP contribution >= 0.6 is 11.3 Å². The third-order valence-corrected chi connectivity index (χ3v) is 3.20. The van der Waals surface area contributed by atoms with E-state index in [9.17, 15) is 4.79 Å². The molecule has 0 saturated heterocycles. The van der Waals surface area contributed by atoms with Gasteiger partial charge in [0.2, 0.25) is 5.01 Å². The molecule has 0 atom stereocenters. The van der Waals surface area contributed by atoms with E-state index in [1.165, 1.54) is 18.4 Å². The lowest BCUT2D eigenvalue weighted by atomic mass is 10.2. The van der Waals surface area contributed by atoms with Crippen molar-refractivity contribution in [3.63, 3.8) is 0 Å². The zero-order chi connectivity index (χ0) is 10.8. The minimum Gasteiger partial charge on any atom is -0.464 e. The normalized spacial score (nSPS) is 10.5. The fourth-order valence-corrected chi connectivity index (χ4v) is 2.35. The van der Waals surface area contributed by atoms with E-state index in [4.69, 9.17) is 5.73 Å². The molecule has 1 heterocycles. The van der Waals surface area contributed by atoms with E-state index in [2.05, 4.69) is 9.72 Å². The van der Waals surface area contributed by atoms with Crippen LogP contribution in [-0.4, -0.2) is 18.1 Å². The van der Waals surface area contributed by atoms with Gasteiger partial charge in [0.25, 0.3) is 0 Å². The Hall–Kier alpha value is -1.46. The zero-order valence-electron chi connectivity index (χ0n) is 8.19. The van der Waals surface area contributed by atoms with E-state index < -0.39 is 5.97 Å². The second-order valence-corrected chi connectivity index (χ2v) is 3.98. The number of carbonyl (C=O) groups is 1. The summed E-state index contributed by atoms with van der Waals surface area (Å²) in [5.74, 6) is -0.404. The highest BCUT2D eigenvalue weighted by Crippen LogP contribution is 2.25. The van der Waals surface area contributed by atoms with E-state index in [1.807, 2.05) is 18.2 Å². The fraction of sp³-hybridized carbons (Fsp3) is 0.200. The Morgan fingerprint density at radius 2 is 2.40 bits per heavy atom. The topological polar surface area (TPSA) is 65.2 Å². The number of methoxy groups -OCH3 is 1. The van der Waals surface area contributed by atoms with Crippen LogP contribution in [0.2, 0.25) is 0 Å². The first-order valence-electron chi connectivity index (χ1n) is 4.43. The fourth-order valence-electron chi connectivity index (χ4n) is 1.34. The number of carbonyl (C=O) groups excluding carboxylic acids is 1. The third kappa shape index (κ3) is 1.71. The highest BCUT2D eigenvalue weighted by atomic mass is 32.1. The molecule has 0 bridgehead atoms. The van der Waals surface area contributed by atoms with Gasteiger partial charge in [-0.05, 0) is 11.6 Å². The van der Waals surface area contributed by atoms with Crippen molar-refractivity contribution in [1.82, 2.24) is 4.98 Å². The van der Waals surface area contributed by atoms with Crippen molar-refractivity contribution in [1.29, 1.82) is 0 Å². The smallest absolute Gasteiger partial charge is 0.367 e. The van der Waals surface area contributed by atoms with Crippen LogP contribution in [-0.2, 0) is 11.3 Å². The SMILES string of the molecule is COC(=O)c1nc2cccc(CN)c2s1. The summed E-state index contributed by atoms with van der Waals surface area (Å²) in [6, 6.07) is 5.67. The first-order valence-corrected chi connectivity index (χ1v) is 5.24. The number of ether oxygens (including phenoxy) is 1. The maximum atomic E-state index is 11.3. The molecule has 0 saturated carbocycles. The summed E-state index contributed by atoms with van der Waals surface area (Å²) in [4.78, 5) is 15.5. The zero-order valence-corrected chi connectivity index (χ0v) is 9.00. The van der Waals surface area contributed by atoms with Crippen LogP contribution in [0.15, 0.2) is 18.2 Å². The molecule has 78 valence electrons. The number of esters is 1. The Labute approximate surface area is 90.7 Å². The van der Waals surface area contributed by atoms with Crippen molar-refractivity contribution < 1.29 is 9.53 Å². The van der Waals surface area contributed by atoms with E-state index in [1.54, 1.807) is 0 Å². The number of fused-ring (bicyclic) bond motifs is 1. The van der Waals surface area contributed by atoms with Crippen molar-refractivity contribution in [3.05, 3.63) is 28.8 Å². The van der Waals surface area contributed by atoms with Gasteiger partial charge in [-0.1, -0.05) is 12.1 Å². The van der Waals surface area contributed by atoms with Crippen LogP contribution in [0, 0.1) is 0 Å². The molecular weight excluding hydrogens is 212 g/mol. The molecule has 1 aromatic carbocycles. The van der Waals surface area contributed by atoms with Crippen molar-refractivity contribution in [2.75, 3.05) is 7.11 Å². The van der Waals surface area contributed by atoms with Crippen LogP contribution in [0.5, 0.6) is 0 Å². The number of nitrogens with zero attached hydrogens (tertiary/aromatic N) is 1. The summed E-state index contributed by atoms with van der Waals surface area (Å²) in [7, 11) is 1.35. The average Bonchev–Trinajstić information content (AvgIpc) is 2.71. The van der Waals surface area contributed by atoms with Gasteiger partial charge in [0.05, 0.1) is 17.3 Å². The number of nitrogens with two attached hydrogens (primary N) is 1. The molecule has 0 aliphatic carbocycles. The van der Waals surface area contributed by atoms with Crippen molar-refractivity contribution in [2.24, 2.45) is 5.73 Å². The lowest BCUT2D eigenvalue weighted by Crippen LogP contribution is -1.99. The van der Waals surface area contributed by atoms with Gasteiger partial charge in [0.1, 0.15) is 0 Å². The molecule has 15 heavy (non-hydrogen) atoms. The first-order chi connectivity index (χ1) is 7.26. The van der Waals surface area contributed by atoms with Crippen LogP contribution in [0.3, 0.4) is 0 Å². The van der Waals surface area contributed by atoms with Gasteiger partial charge in [-0.2, -0.15) is 0 Å². The van der Waals surface area contributed by atoms with Gasteiger partial charge in [0, 0.05) is 6.54 Å². The summed E-state index contributed by atoms with van der Waals surface area (Å²) in [5, 5.41) is 0.369. The summed E-state index contributed by atoms with van der Waals surface area (Å²) in [6.45, 7) is 0.445. The predicted molar refractivity (Wildman–Crippen MR) is 58.9 cm³/mol. The summed E-state index contributed by atoms with van der Waals surface area (Å²) < 4.78 is 5.58. The average molecular weight is 222 g/mol. The maximum absolute atomic E-state index is 11.3. The first kappa shape index (κ1) is 10.1. The monoisotopic (exact) mass is 222 g/mol. The van der Waals surface area contributed by atoms with E-state index >= 15 is 0 Å². The van der Waals surface area contributed by atoms with Crippen LogP contribution < -0.4 is 5.73 Å². The van der Waals surface area contributed by atoms with Crippen molar-refractivity contribution in [2.45, 2.75) is 6.54 Å². The molecule has 0 fully saturated rings. The number of hydrogen-bond donors (Lipinski definition) is 1. The van der Waals surface area contributed by atoms with E-state index in [-0.39, 0.29) is 0 Å². The van der Waals surface area contributed by atoms with Gasteiger partial charge in [0.15, 0.2) is 0 Å². The summed E-state index contributed by atoms with van der Waals surface area (Å²) >= 11 is 1.32. The third-order valence-electron chi connectivity index (χ3n) is 2.08. The summed E-state index contributed by atoms with van der Waals surface area (Å²) in [6.07, 6.45) is 0. The quantitative estimate of drug-likeness (QED) is 0.783. The second-order valence-electron chi connectivity index (χ2n) is 2.98. The molecule has 0 radical (unpaired) electrons. The molecule has 0 amide bonds. The predicted octanol–water partition coefficient (Wildman–Crippen LogP) is 1.54. The number of hydrogen-bond acceptors (Lipinski definition) is 5. The van der Waals surface area contributed by atoms with Gasteiger partial charge in [-0.15, -0.1) is 11.3 Å². The number of rotatable bonds is 2. The van der Waals surface area contributed by atoms with Crippen LogP contribution in [0.25, 0.3) is 10.2 Å². The summed E-state index contributed by atoms with van der Waals surface area (Å²) in [5.41, 5.74) is 7.39. The van der Waals surface area contributed by atoms with Gasteiger partial charge >= 0.3 is 5.97 Å². The molecule has 4 nitrogen and oxygen atoms in total. The lowest BCUT2D eigenvalue weighted by Gasteiger charge is -1.95. The highest BCUT2D eigenvalue weighted by molar-refractivity contribution is 7.20. The van der Waals surface area contributed by atoms with Crippen molar-refractivity contribution >= 4 is 27.5 Å². The maximum Gasteiger partial charge on any atom is 0.367 e. The van der Waals surface area contributed by atoms with Gasteiger partial charge in [-0.3, -0.25) is 0 Å². The molecule has 5 heteroatoms. The molecule has 2 N–H and O–H groups in total. The minimum absolute atomic E-state index is 0.369. The number of aromatic nitrogens is 1. The molecule has 1 aromatic heterocycles. The van der Waals surface area contributed by atoms with Gasteiger partial charge in [-0.25, -0.2) is 9.78 Å². The second kappa shape index (κ2) is 3.96. The van der Waals surface area contributed by atoms with Gasteiger partial charge < -0.3 is 10.5 Å². The molecule has 0 aliphatic heterocycles. The highest BCUT2D eigenvalue weighted by Gasteiger charge is 2.13. The molecule has 0 unspecified atom stereocenters. The van der Waals surface area contributed by atoms with Crippen molar-refractivity contribution in [3.8, 4) is 0 Å². The Bertz CT molecular complexity index is 507. The minimum atomic E-state index is -0.404. The Morgan fingerprint density at radius 3 is 3.07 bits per heavy atom. The van der Waals surface area contributed by atoms with Crippen LogP contribution in [0.4, 0.5) is 0 Å². The largest absolute Gasteiger partial charge is 0.464 e. The molecule has 0 spiro atoms. The Kier molecular flexibility index (Phi) is 2.66. The molecular formula is C10H10N2O2S. The number of benzene rings is 1. The van der Waals surface area contributed by atoms with Crippen LogP contribution in [0.1, 0.15) is 15.4 Å². The molecule has 2 rings (SSSR count). The standard InChI is InChI=1S/C10H10N2O2S/c1-14-10(13)9-12-7-4-2-3-6(5-11)8(7)15-9/h2-4H,5,11H2,1H3.